The van der Waals surface area contributed by atoms with Crippen LogP contribution in [0.25, 0.3) is 0 Å². The molecule has 0 aliphatic carbocycles. The molecule has 2 heterocycles. The third kappa shape index (κ3) is 3.15. The van der Waals surface area contributed by atoms with Gasteiger partial charge in [-0.1, -0.05) is 36.0 Å². The van der Waals surface area contributed by atoms with Gasteiger partial charge in [-0.05, 0) is 38.1 Å². The average Bonchev–Trinajstić information content (AvgIpc) is 2.91. The van der Waals surface area contributed by atoms with Crippen LogP contribution < -0.4 is 4.90 Å². The van der Waals surface area contributed by atoms with E-state index in [4.69, 9.17) is 0 Å². The number of fused-ring (bicyclic) bond motifs is 2. The Bertz CT molecular complexity index is 862. The highest BCUT2D eigenvalue weighted by Crippen LogP contribution is 2.47. The minimum atomic E-state index is -0.552. The second kappa shape index (κ2) is 6.54. The van der Waals surface area contributed by atoms with Gasteiger partial charge in [-0.15, -0.1) is 0 Å². The molecule has 5 nitrogen and oxygen atoms in total. The first kappa shape index (κ1) is 16.2. The number of aliphatic hydroxyl groups excluding tert-OH is 1. The maximum Gasteiger partial charge on any atom is 0.147 e. The topological polar surface area (TPSA) is 54.2 Å². The van der Waals surface area contributed by atoms with Gasteiger partial charge in [0, 0.05) is 9.79 Å². The summed E-state index contributed by atoms with van der Waals surface area (Å²) in [6.45, 7) is 4.71. The van der Waals surface area contributed by atoms with Crippen LogP contribution >= 0.6 is 11.8 Å². The van der Waals surface area contributed by atoms with Crippen LogP contribution in [0.2, 0.25) is 0 Å². The second-order valence-corrected chi connectivity index (χ2v) is 7.27. The van der Waals surface area contributed by atoms with E-state index in [0.29, 0.717) is 13.1 Å². The fraction of sp³-hybridized carbons (Fsp3) is 0.263. The van der Waals surface area contributed by atoms with E-state index in [-0.39, 0.29) is 0 Å². The molecule has 25 heavy (non-hydrogen) atoms. The van der Waals surface area contributed by atoms with Crippen LogP contribution in [0.3, 0.4) is 0 Å². The van der Waals surface area contributed by atoms with E-state index in [1.165, 1.54) is 9.79 Å². The largest absolute Gasteiger partial charge is 0.389 e. The summed E-state index contributed by atoms with van der Waals surface area (Å²) in [5, 5.41) is 15.1. The fourth-order valence-corrected chi connectivity index (χ4v) is 4.28. The van der Waals surface area contributed by atoms with Crippen LogP contribution in [0.5, 0.6) is 0 Å². The van der Waals surface area contributed by atoms with Crippen molar-refractivity contribution in [3.05, 3.63) is 60.2 Å². The zero-order valence-corrected chi connectivity index (χ0v) is 15.1. The predicted octanol–water partition coefficient (Wildman–Crippen LogP) is 3.56. The average molecular weight is 352 g/mol. The molecular formula is C19H20N4OS. The Morgan fingerprint density at radius 2 is 1.56 bits per heavy atom. The Balaban J connectivity index is 1.62. The fourth-order valence-electron chi connectivity index (χ4n) is 3.18. The summed E-state index contributed by atoms with van der Waals surface area (Å²) in [5.41, 5.74) is 2.27. The Morgan fingerprint density at radius 1 is 0.960 bits per heavy atom. The van der Waals surface area contributed by atoms with Crippen LogP contribution in [-0.2, 0) is 6.54 Å². The number of benzene rings is 2. The summed E-state index contributed by atoms with van der Waals surface area (Å²) < 4.78 is 1.77. The second-order valence-electron chi connectivity index (χ2n) is 6.19. The lowest BCUT2D eigenvalue weighted by Crippen LogP contribution is -2.33. The van der Waals surface area contributed by atoms with E-state index in [0.717, 1.165) is 23.0 Å². The molecule has 2 aromatic carbocycles. The molecule has 1 N–H and O–H groups in total. The van der Waals surface area contributed by atoms with Gasteiger partial charge in [-0.25, -0.2) is 9.67 Å². The van der Waals surface area contributed by atoms with Crippen LogP contribution in [0.15, 0.2) is 58.3 Å². The van der Waals surface area contributed by atoms with Crippen LogP contribution in [0.4, 0.5) is 11.4 Å². The molecule has 1 atom stereocenters. The number of β-amino-alcohol motifs (C(OH)–C–C–N with tert-alkyl or cyclic N) is 1. The molecule has 0 bridgehead atoms. The smallest absolute Gasteiger partial charge is 0.147 e. The Kier molecular flexibility index (Phi) is 4.23. The monoisotopic (exact) mass is 352 g/mol. The first-order valence-corrected chi connectivity index (χ1v) is 9.13. The molecular weight excluding hydrogens is 332 g/mol. The normalized spacial score (nSPS) is 14.1. The van der Waals surface area contributed by atoms with Gasteiger partial charge in [0.15, 0.2) is 0 Å². The van der Waals surface area contributed by atoms with Crippen molar-refractivity contribution < 1.29 is 5.11 Å². The van der Waals surface area contributed by atoms with E-state index >= 15 is 0 Å². The molecule has 0 amide bonds. The van der Waals surface area contributed by atoms with Crippen molar-refractivity contribution in [3.63, 3.8) is 0 Å². The summed E-state index contributed by atoms with van der Waals surface area (Å²) >= 11 is 1.77. The standard InChI is InChI=1S/C19H20N4OS/c1-13-20-14(2)23(21-13)12-15(24)11-22-16-7-3-5-9-18(16)25-19-10-6-4-8-17(19)22/h3-10,15,24H,11-12H2,1-2H3/t15-/m0/s1. The lowest BCUT2D eigenvalue weighted by atomic mass is 10.2. The van der Waals surface area contributed by atoms with E-state index < -0.39 is 6.10 Å². The number of para-hydroxylation sites is 2. The lowest BCUT2D eigenvalue weighted by molar-refractivity contribution is 0.155. The van der Waals surface area contributed by atoms with Gasteiger partial charge < -0.3 is 10.0 Å². The molecule has 0 unspecified atom stereocenters. The van der Waals surface area contributed by atoms with Crippen LogP contribution in [0, 0.1) is 13.8 Å². The molecule has 1 aromatic heterocycles. The third-order valence-electron chi connectivity index (χ3n) is 4.27. The zero-order chi connectivity index (χ0) is 17.4. The highest BCUT2D eigenvalue weighted by atomic mass is 32.2. The van der Waals surface area contributed by atoms with Gasteiger partial charge in [0.25, 0.3) is 0 Å². The molecule has 0 saturated heterocycles. The van der Waals surface area contributed by atoms with Crippen molar-refractivity contribution in [1.82, 2.24) is 14.8 Å². The number of hydrogen-bond acceptors (Lipinski definition) is 5. The SMILES string of the molecule is Cc1nc(C)n(C[C@@H](O)CN2c3ccccc3Sc3ccccc32)n1. The number of nitrogens with zero attached hydrogens (tertiary/aromatic N) is 4. The Labute approximate surface area is 151 Å². The van der Waals surface area contributed by atoms with E-state index in [9.17, 15) is 5.11 Å². The number of aromatic nitrogens is 3. The minimum absolute atomic E-state index is 0.431. The Hall–Kier alpha value is -2.31. The van der Waals surface area contributed by atoms with Crippen molar-refractivity contribution in [1.29, 1.82) is 0 Å². The van der Waals surface area contributed by atoms with Gasteiger partial charge >= 0.3 is 0 Å². The first-order chi connectivity index (χ1) is 12.1. The van der Waals surface area contributed by atoms with Gasteiger partial charge in [0.1, 0.15) is 11.6 Å². The highest BCUT2D eigenvalue weighted by Gasteiger charge is 2.25. The summed E-state index contributed by atoms with van der Waals surface area (Å²) in [7, 11) is 0. The summed E-state index contributed by atoms with van der Waals surface area (Å²) in [4.78, 5) is 8.92. The zero-order valence-electron chi connectivity index (χ0n) is 14.3. The minimum Gasteiger partial charge on any atom is -0.389 e. The van der Waals surface area contributed by atoms with Crippen molar-refractivity contribution in [2.45, 2.75) is 36.3 Å². The van der Waals surface area contributed by atoms with Crippen molar-refractivity contribution in [2.75, 3.05) is 11.4 Å². The van der Waals surface area contributed by atoms with E-state index in [2.05, 4.69) is 51.4 Å². The number of aryl methyl sites for hydroxylation is 2. The van der Waals surface area contributed by atoms with Gasteiger partial charge in [-0.3, -0.25) is 0 Å². The predicted molar refractivity (Wildman–Crippen MR) is 99.5 cm³/mol. The van der Waals surface area contributed by atoms with Gasteiger partial charge in [0.2, 0.25) is 0 Å². The number of aliphatic hydroxyl groups is 1. The summed E-state index contributed by atoms with van der Waals surface area (Å²) in [5.74, 6) is 1.56. The highest BCUT2D eigenvalue weighted by molar-refractivity contribution is 7.99. The number of hydrogen-bond donors (Lipinski definition) is 1. The molecule has 128 valence electrons. The van der Waals surface area contributed by atoms with Crippen LogP contribution in [0.1, 0.15) is 11.6 Å². The van der Waals surface area contributed by atoms with Crippen molar-refractivity contribution in [2.24, 2.45) is 0 Å². The molecule has 0 fully saturated rings. The molecule has 1 aliphatic rings. The molecule has 1 aliphatic heterocycles. The molecule has 6 heteroatoms. The quantitative estimate of drug-likeness (QED) is 0.778. The van der Waals surface area contributed by atoms with Crippen LogP contribution in [-0.4, -0.2) is 32.5 Å². The molecule has 3 aromatic rings. The molecule has 0 saturated carbocycles. The van der Waals surface area contributed by atoms with Crippen molar-refractivity contribution >= 4 is 23.1 Å². The maximum atomic E-state index is 10.7. The third-order valence-corrected chi connectivity index (χ3v) is 5.40. The Morgan fingerprint density at radius 3 is 2.12 bits per heavy atom. The first-order valence-electron chi connectivity index (χ1n) is 8.31. The van der Waals surface area contributed by atoms with E-state index in [1.807, 2.05) is 26.0 Å². The van der Waals surface area contributed by atoms with Gasteiger partial charge in [0.05, 0.1) is 30.6 Å². The molecule has 0 spiro atoms. The lowest BCUT2D eigenvalue weighted by Gasteiger charge is -2.34. The summed E-state index contributed by atoms with van der Waals surface area (Å²) in [6, 6.07) is 16.6. The van der Waals surface area contributed by atoms with Crippen molar-refractivity contribution in [3.8, 4) is 0 Å². The number of anilines is 2. The summed E-state index contributed by atoms with van der Waals surface area (Å²) in [6.07, 6.45) is -0.552. The maximum absolute atomic E-state index is 10.7. The van der Waals surface area contributed by atoms with E-state index in [1.54, 1.807) is 16.4 Å². The van der Waals surface area contributed by atoms with Gasteiger partial charge in [-0.2, -0.15) is 5.10 Å². The number of rotatable bonds is 4. The molecule has 4 rings (SSSR count). The molecule has 0 radical (unpaired) electrons.